The number of rotatable bonds is 9. The minimum atomic E-state index is -0.507. The minimum Gasteiger partial charge on any atom is -0.359 e. The molecule has 38 heavy (non-hydrogen) atoms. The maximum absolute atomic E-state index is 12.0. The molecule has 0 saturated carbocycles. The number of carbonyl (C=O) groups excluding carboxylic acids is 3. The molecule has 1 aliphatic rings. The van der Waals surface area contributed by atoms with E-state index in [1.807, 2.05) is 12.3 Å². The van der Waals surface area contributed by atoms with Gasteiger partial charge in [-0.25, -0.2) is 9.98 Å². The number of amides is 1. The Balaban J connectivity index is 1.73. The van der Waals surface area contributed by atoms with Crippen molar-refractivity contribution in [3.05, 3.63) is 58.9 Å². The lowest BCUT2D eigenvalue weighted by Crippen LogP contribution is -2.37. The Morgan fingerprint density at radius 2 is 1.92 bits per heavy atom. The topological polar surface area (TPSA) is 95.0 Å². The first-order valence-corrected chi connectivity index (χ1v) is 13.2. The van der Waals surface area contributed by atoms with E-state index in [9.17, 15) is 14.4 Å². The Morgan fingerprint density at radius 3 is 2.55 bits per heavy atom. The standard InChI is InChI=1S/C30H37N5O3/c1-23(34(3)27(21-36)15-16-30(38)31-2)33-29-10-8-9-25(28(29)22-37)12-14-26-13-11-24(19-32-26)20-35-17-6-4-5-7-18-35/h8-11,13,19,21-22,27H,4-7,15-18,20H2,1-3H3,(H,31,38)/b33-23-. The van der Waals surface area contributed by atoms with E-state index in [1.54, 1.807) is 44.1 Å². The molecular weight excluding hydrogens is 478 g/mol. The highest BCUT2D eigenvalue weighted by Crippen LogP contribution is 2.22. The number of nitrogens with one attached hydrogen (secondary N) is 1. The zero-order valence-electron chi connectivity index (χ0n) is 22.6. The number of pyridine rings is 1. The van der Waals surface area contributed by atoms with Crippen LogP contribution in [0.3, 0.4) is 0 Å². The van der Waals surface area contributed by atoms with Crippen LogP contribution in [0, 0.1) is 11.8 Å². The van der Waals surface area contributed by atoms with Gasteiger partial charge in [0.15, 0.2) is 6.29 Å². The summed E-state index contributed by atoms with van der Waals surface area (Å²) < 4.78 is 0. The zero-order chi connectivity index (χ0) is 27.3. The first-order chi connectivity index (χ1) is 18.4. The number of aromatic nitrogens is 1. The molecule has 1 aromatic carbocycles. The fraction of sp³-hybridized carbons (Fsp3) is 0.433. The molecular formula is C30H37N5O3. The third-order valence-corrected chi connectivity index (χ3v) is 6.85. The molecule has 1 saturated heterocycles. The molecule has 1 unspecified atom stereocenters. The van der Waals surface area contributed by atoms with Gasteiger partial charge in [-0.1, -0.05) is 30.9 Å². The molecule has 1 amide bonds. The van der Waals surface area contributed by atoms with Crippen molar-refractivity contribution in [1.29, 1.82) is 0 Å². The molecule has 8 heteroatoms. The Labute approximate surface area is 225 Å². The molecule has 2 heterocycles. The highest BCUT2D eigenvalue weighted by molar-refractivity contribution is 5.91. The lowest BCUT2D eigenvalue weighted by Gasteiger charge is -2.25. The molecule has 1 atom stereocenters. The van der Waals surface area contributed by atoms with Gasteiger partial charge in [0.1, 0.15) is 17.8 Å². The summed E-state index contributed by atoms with van der Waals surface area (Å²) in [5.74, 6) is 6.55. The van der Waals surface area contributed by atoms with Gasteiger partial charge in [-0.15, -0.1) is 0 Å². The number of likely N-dealkylation sites (tertiary alicyclic amines) is 1. The summed E-state index contributed by atoms with van der Waals surface area (Å²) in [6.45, 7) is 4.94. The van der Waals surface area contributed by atoms with Crippen LogP contribution in [-0.4, -0.2) is 72.3 Å². The number of benzene rings is 1. The van der Waals surface area contributed by atoms with Crippen LogP contribution >= 0.6 is 0 Å². The number of likely N-dealkylation sites (N-methyl/N-ethyl adjacent to an activating group) is 1. The summed E-state index contributed by atoms with van der Waals surface area (Å²) in [4.78, 5) is 48.5. The quantitative estimate of drug-likeness (QED) is 0.237. The van der Waals surface area contributed by atoms with E-state index in [0.29, 0.717) is 34.8 Å². The van der Waals surface area contributed by atoms with Gasteiger partial charge in [-0.3, -0.25) is 14.5 Å². The van der Waals surface area contributed by atoms with Crippen LogP contribution in [0.4, 0.5) is 5.69 Å². The molecule has 200 valence electrons. The van der Waals surface area contributed by atoms with E-state index in [2.05, 4.69) is 38.1 Å². The molecule has 0 bridgehead atoms. The van der Waals surface area contributed by atoms with Crippen molar-refractivity contribution in [2.45, 2.75) is 58.0 Å². The Bertz CT molecular complexity index is 1190. The van der Waals surface area contributed by atoms with Crippen molar-refractivity contribution < 1.29 is 14.4 Å². The number of hydrogen-bond acceptors (Lipinski definition) is 6. The SMILES string of the molecule is CNC(=O)CCC(C=O)N(C)/C(C)=N\c1cccc(C#Cc2ccc(CN3CCCCCC3)cn2)c1C=O. The third-order valence-electron chi connectivity index (χ3n) is 6.85. The predicted molar refractivity (Wildman–Crippen MR) is 149 cm³/mol. The van der Waals surface area contributed by atoms with Crippen molar-refractivity contribution in [3.63, 3.8) is 0 Å². The van der Waals surface area contributed by atoms with E-state index in [4.69, 9.17) is 0 Å². The molecule has 1 aliphatic heterocycles. The van der Waals surface area contributed by atoms with Gasteiger partial charge in [-0.2, -0.15) is 0 Å². The van der Waals surface area contributed by atoms with Crippen LogP contribution < -0.4 is 5.32 Å². The first kappa shape index (κ1) is 28.7. The van der Waals surface area contributed by atoms with Crippen molar-refractivity contribution in [3.8, 4) is 11.8 Å². The monoisotopic (exact) mass is 515 g/mol. The Morgan fingerprint density at radius 1 is 1.16 bits per heavy atom. The minimum absolute atomic E-state index is 0.129. The van der Waals surface area contributed by atoms with E-state index >= 15 is 0 Å². The molecule has 1 aromatic heterocycles. The van der Waals surface area contributed by atoms with Crippen LogP contribution in [0.15, 0.2) is 41.5 Å². The van der Waals surface area contributed by atoms with Gasteiger partial charge >= 0.3 is 0 Å². The van der Waals surface area contributed by atoms with Gasteiger partial charge in [-0.05, 0) is 69.0 Å². The van der Waals surface area contributed by atoms with Crippen LogP contribution in [0.1, 0.15) is 72.6 Å². The summed E-state index contributed by atoms with van der Waals surface area (Å²) in [5, 5.41) is 2.56. The van der Waals surface area contributed by atoms with E-state index in [0.717, 1.165) is 32.2 Å². The van der Waals surface area contributed by atoms with Crippen molar-refractivity contribution in [2.24, 2.45) is 4.99 Å². The third kappa shape index (κ3) is 8.35. The second-order valence-electron chi connectivity index (χ2n) is 9.53. The summed E-state index contributed by atoms with van der Waals surface area (Å²) in [6.07, 6.45) is 9.16. The molecule has 8 nitrogen and oxygen atoms in total. The highest BCUT2D eigenvalue weighted by atomic mass is 16.1. The molecule has 0 radical (unpaired) electrons. The summed E-state index contributed by atoms with van der Waals surface area (Å²) in [7, 11) is 3.31. The van der Waals surface area contributed by atoms with Crippen molar-refractivity contribution in [2.75, 3.05) is 27.2 Å². The van der Waals surface area contributed by atoms with Gasteiger partial charge in [0.05, 0.1) is 17.3 Å². The number of nitrogens with zero attached hydrogens (tertiary/aromatic N) is 4. The lowest BCUT2D eigenvalue weighted by atomic mass is 10.1. The van der Waals surface area contributed by atoms with Gasteiger partial charge in [0.25, 0.3) is 0 Å². The van der Waals surface area contributed by atoms with Crippen molar-refractivity contribution >= 4 is 30.0 Å². The van der Waals surface area contributed by atoms with E-state index < -0.39 is 6.04 Å². The zero-order valence-corrected chi connectivity index (χ0v) is 22.6. The number of aldehydes is 2. The smallest absolute Gasteiger partial charge is 0.219 e. The largest absolute Gasteiger partial charge is 0.359 e. The molecule has 1 fully saturated rings. The second-order valence-corrected chi connectivity index (χ2v) is 9.53. The fourth-order valence-corrected chi connectivity index (χ4v) is 4.41. The summed E-state index contributed by atoms with van der Waals surface area (Å²) >= 11 is 0. The number of amidine groups is 1. The highest BCUT2D eigenvalue weighted by Gasteiger charge is 2.17. The number of aliphatic imine (C=N–C) groups is 1. The van der Waals surface area contributed by atoms with E-state index in [1.165, 1.54) is 31.2 Å². The Hall–Kier alpha value is -3.83. The van der Waals surface area contributed by atoms with Crippen LogP contribution in [0.25, 0.3) is 0 Å². The number of carbonyl (C=O) groups is 3. The fourth-order valence-electron chi connectivity index (χ4n) is 4.41. The van der Waals surface area contributed by atoms with Gasteiger partial charge < -0.3 is 15.0 Å². The average molecular weight is 516 g/mol. The molecule has 1 N–H and O–H groups in total. The first-order valence-electron chi connectivity index (χ1n) is 13.2. The van der Waals surface area contributed by atoms with Crippen molar-refractivity contribution in [1.82, 2.24) is 20.1 Å². The molecule has 0 spiro atoms. The Kier molecular flexibility index (Phi) is 11.2. The normalized spacial score (nSPS) is 15.0. The van der Waals surface area contributed by atoms with Gasteiger partial charge in [0, 0.05) is 38.8 Å². The predicted octanol–water partition coefficient (Wildman–Crippen LogP) is 3.75. The number of hydrogen-bond donors (Lipinski definition) is 1. The molecule has 0 aliphatic carbocycles. The maximum atomic E-state index is 12.0. The average Bonchev–Trinajstić information content (AvgIpc) is 3.21. The van der Waals surface area contributed by atoms with E-state index in [-0.39, 0.29) is 12.3 Å². The summed E-state index contributed by atoms with van der Waals surface area (Å²) in [6, 6.07) is 8.79. The summed E-state index contributed by atoms with van der Waals surface area (Å²) in [5.41, 5.74) is 3.20. The van der Waals surface area contributed by atoms with Crippen LogP contribution in [-0.2, 0) is 16.1 Å². The second kappa shape index (κ2) is 14.8. The van der Waals surface area contributed by atoms with Crippen LogP contribution in [0.5, 0.6) is 0 Å². The maximum Gasteiger partial charge on any atom is 0.219 e. The van der Waals surface area contributed by atoms with Gasteiger partial charge in [0.2, 0.25) is 5.91 Å². The molecule has 3 rings (SSSR count). The molecule has 2 aromatic rings. The van der Waals surface area contributed by atoms with Crippen LogP contribution in [0.2, 0.25) is 0 Å². The lowest BCUT2D eigenvalue weighted by molar-refractivity contribution is -0.121.